The predicted octanol–water partition coefficient (Wildman–Crippen LogP) is 2.27. The molecular formula is C19H22N2O3. The molecule has 0 unspecified atom stereocenters. The molecule has 1 aliphatic rings. The third kappa shape index (κ3) is 3.08. The Labute approximate surface area is 142 Å². The van der Waals surface area contributed by atoms with E-state index >= 15 is 0 Å². The van der Waals surface area contributed by atoms with Crippen molar-refractivity contribution in [3.8, 4) is 11.5 Å². The van der Waals surface area contributed by atoms with Gasteiger partial charge in [-0.25, -0.2) is 0 Å². The largest absolute Gasteiger partial charge is 0.493 e. The lowest BCUT2D eigenvalue weighted by Gasteiger charge is -2.17. The molecule has 2 N–H and O–H groups in total. The van der Waals surface area contributed by atoms with E-state index in [-0.39, 0.29) is 17.9 Å². The fraction of sp³-hybridized carbons (Fsp3) is 0.316. The summed E-state index contributed by atoms with van der Waals surface area (Å²) in [5.41, 5.74) is 8.03. The SMILES string of the molecule is COc1ccc(C(=O)N2C[C@@H](N)[C@H](c3ccccc3)C2)cc1OC. The molecule has 1 amide bonds. The molecule has 0 aliphatic carbocycles. The van der Waals surface area contributed by atoms with Crippen molar-refractivity contribution >= 4 is 5.91 Å². The van der Waals surface area contributed by atoms with Gasteiger partial charge >= 0.3 is 0 Å². The molecule has 1 heterocycles. The Morgan fingerprint density at radius 1 is 1.04 bits per heavy atom. The van der Waals surface area contributed by atoms with Crippen LogP contribution in [0.5, 0.6) is 11.5 Å². The van der Waals surface area contributed by atoms with Crippen LogP contribution in [-0.2, 0) is 0 Å². The van der Waals surface area contributed by atoms with E-state index in [1.165, 1.54) is 5.56 Å². The number of rotatable bonds is 4. The number of ether oxygens (including phenoxy) is 2. The van der Waals surface area contributed by atoms with E-state index in [1.807, 2.05) is 23.1 Å². The van der Waals surface area contributed by atoms with Crippen LogP contribution in [0, 0.1) is 0 Å². The molecule has 126 valence electrons. The van der Waals surface area contributed by atoms with Gasteiger partial charge < -0.3 is 20.1 Å². The van der Waals surface area contributed by atoms with Gasteiger partial charge in [-0.1, -0.05) is 30.3 Å². The summed E-state index contributed by atoms with van der Waals surface area (Å²) in [5, 5.41) is 0. The molecule has 0 spiro atoms. The Balaban J connectivity index is 1.79. The van der Waals surface area contributed by atoms with Crippen LogP contribution in [0.4, 0.5) is 0 Å². The minimum absolute atomic E-state index is 0.0372. The number of amides is 1. The van der Waals surface area contributed by atoms with Gasteiger partial charge in [0.1, 0.15) is 0 Å². The van der Waals surface area contributed by atoms with Gasteiger partial charge in [0.2, 0.25) is 0 Å². The lowest BCUT2D eigenvalue weighted by molar-refractivity contribution is 0.0788. The summed E-state index contributed by atoms with van der Waals surface area (Å²) in [6, 6.07) is 15.3. The first kappa shape index (κ1) is 16.3. The summed E-state index contributed by atoms with van der Waals surface area (Å²) in [4.78, 5) is 14.6. The van der Waals surface area contributed by atoms with E-state index in [0.29, 0.717) is 30.2 Å². The molecule has 2 aromatic rings. The molecular weight excluding hydrogens is 304 g/mol. The minimum Gasteiger partial charge on any atom is -0.493 e. The Kier molecular flexibility index (Phi) is 4.71. The van der Waals surface area contributed by atoms with Crippen LogP contribution < -0.4 is 15.2 Å². The van der Waals surface area contributed by atoms with Gasteiger partial charge in [0, 0.05) is 30.6 Å². The Morgan fingerprint density at radius 2 is 1.75 bits per heavy atom. The van der Waals surface area contributed by atoms with Gasteiger partial charge in [0.25, 0.3) is 5.91 Å². The van der Waals surface area contributed by atoms with Crippen molar-refractivity contribution < 1.29 is 14.3 Å². The highest BCUT2D eigenvalue weighted by Crippen LogP contribution is 2.30. The number of hydrogen-bond donors (Lipinski definition) is 1. The van der Waals surface area contributed by atoms with Crippen LogP contribution in [0.15, 0.2) is 48.5 Å². The maximum absolute atomic E-state index is 12.8. The lowest BCUT2D eigenvalue weighted by atomic mass is 9.95. The molecule has 24 heavy (non-hydrogen) atoms. The number of methoxy groups -OCH3 is 2. The molecule has 0 saturated carbocycles. The second-order valence-corrected chi connectivity index (χ2v) is 5.96. The number of hydrogen-bond acceptors (Lipinski definition) is 4. The van der Waals surface area contributed by atoms with Gasteiger partial charge in [-0.05, 0) is 23.8 Å². The average Bonchev–Trinajstić information content (AvgIpc) is 3.03. The second kappa shape index (κ2) is 6.93. The topological polar surface area (TPSA) is 64.8 Å². The van der Waals surface area contributed by atoms with Crippen molar-refractivity contribution in [2.24, 2.45) is 5.73 Å². The third-order valence-corrected chi connectivity index (χ3v) is 4.51. The molecule has 5 heteroatoms. The Morgan fingerprint density at radius 3 is 2.42 bits per heavy atom. The van der Waals surface area contributed by atoms with Crippen LogP contribution in [0.2, 0.25) is 0 Å². The quantitative estimate of drug-likeness (QED) is 0.936. The zero-order chi connectivity index (χ0) is 17.1. The number of nitrogens with two attached hydrogens (primary N) is 1. The first-order valence-corrected chi connectivity index (χ1v) is 7.96. The van der Waals surface area contributed by atoms with Gasteiger partial charge in [-0.15, -0.1) is 0 Å². The van der Waals surface area contributed by atoms with E-state index in [2.05, 4.69) is 12.1 Å². The molecule has 3 rings (SSSR count). The van der Waals surface area contributed by atoms with Gasteiger partial charge in [0.15, 0.2) is 11.5 Å². The summed E-state index contributed by atoms with van der Waals surface area (Å²) in [6.07, 6.45) is 0. The van der Waals surface area contributed by atoms with Crippen LogP contribution >= 0.6 is 0 Å². The predicted molar refractivity (Wildman–Crippen MR) is 92.6 cm³/mol. The fourth-order valence-electron chi connectivity index (χ4n) is 3.20. The van der Waals surface area contributed by atoms with Crippen molar-refractivity contribution in [2.75, 3.05) is 27.3 Å². The van der Waals surface area contributed by atoms with Crippen LogP contribution in [0.25, 0.3) is 0 Å². The summed E-state index contributed by atoms with van der Waals surface area (Å²) in [7, 11) is 3.13. The third-order valence-electron chi connectivity index (χ3n) is 4.51. The van der Waals surface area contributed by atoms with Crippen LogP contribution in [0.1, 0.15) is 21.8 Å². The van der Waals surface area contributed by atoms with E-state index in [1.54, 1.807) is 32.4 Å². The number of benzene rings is 2. The fourth-order valence-corrected chi connectivity index (χ4v) is 3.20. The summed E-state index contributed by atoms with van der Waals surface area (Å²) in [6.45, 7) is 1.17. The lowest BCUT2D eigenvalue weighted by Crippen LogP contribution is -2.32. The monoisotopic (exact) mass is 326 g/mol. The standard InChI is InChI=1S/C19H22N2O3/c1-23-17-9-8-14(10-18(17)24-2)19(22)21-11-15(16(20)12-21)13-6-4-3-5-7-13/h3-10,15-16H,11-12,20H2,1-2H3/t15-,16+/m0/s1. The number of nitrogens with zero attached hydrogens (tertiary/aromatic N) is 1. The number of carbonyl (C=O) groups excluding carboxylic acids is 1. The van der Waals surface area contributed by atoms with Gasteiger partial charge in [-0.2, -0.15) is 0 Å². The Bertz CT molecular complexity index is 718. The van der Waals surface area contributed by atoms with Crippen LogP contribution in [-0.4, -0.2) is 44.2 Å². The molecule has 1 saturated heterocycles. The molecule has 1 aliphatic heterocycles. The van der Waals surface area contributed by atoms with E-state index in [4.69, 9.17) is 15.2 Å². The van der Waals surface area contributed by atoms with E-state index < -0.39 is 0 Å². The summed E-state index contributed by atoms with van der Waals surface area (Å²) in [5.74, 6) is 1.28. The normalized spacial score (nSPS) is 20.0. The maximum Gasteiger partial charge on any atom is 0.254 e. The Hall–Kier alpha value is -2.53. The summed E-state index contributed by atoms with van der Waals surface area (Å²) < 4.78 is 10.5. The smallest absolute Gasteiger partial charge is 0.254 e. The molecule has 0 aromatic heterocycles. The van der Waals surface area contributed by atoms with Gasteiger partial charge in [0.05, 0.1) is 14.2 Å². The minimum atomic E-state index is -0.0588. The summed E-state index contributed by atoms with van der Waals surface area (Å²) >= 11 is 0. The first-order valence-electron chi connectivity index (χ1n) is 7.96. The highest BCUT2D eigenvalue weighted by molar-refractivity contribution is 5.95. The van der Waals surface area contributed by atoms with Crippen LogP contribution in [0.3, 0.4) is 0 Å². The van der Waals surface area contributed by atoms with Crippen molar-refractivity contribution in [1.29, 1.82) is 0 Å². The molecule has 2 atom stereocenters. The molecule has 1 fully saturated rings. The van der Waals surface area contributed by atoms with E-state index in [0.717, 1.165) is 0 Å². The van der Waals surface area contributed by atoms with Crippen molar-refractivity contribution in [1.82, 2.24) is 4.90 Å². The van der Waals surface area contributed by atoms with E-state index in [9.17, 15) is 4.79 Å². The molecule has 0 bridgehead atoms. The van der Waals surface area contributed by atoms with Crippen molar-refractivity contribution in [3.63, 3.8) is 0 Å². The zero-order valence-corrected chi connectivity index (χ0v) is 13.9. The highest BCUT2D eigenvalue weighted by atomic mass is 16.5. The zero-order valence-electron chi connectivity index (χ0n) is 13.9. The van der Waals surface area contributed by atoms with Gasteiger partial charge in [-0.3, -0.25) is 4.79 Å². The average molecular weight is 326 g/mol. The second-order valence-electron chi connectivity index (χ2n) is 5.96. The highest BCUT2D eigenvalue weighted by Gasteiger charge is 2.34. The maximum atomic E-state index is 12.8. The first-order chi connectivity index (χ1) is 11.6. The number of likely N-dealkylation sites (tertiary alicyclic amines) is 1. The van der Waals surface area contributed by atoms with Crippen molar-refractivity contribution in [3.05, 3.63) is 59.7 Å². The number of carbonyl (C=O) groups is 1. The van der Waals surface area contributed by atoms with Crippen molar-refractivity contribution in [2.45, 2.75) is 12.0 Å². The molecule has 5 nitrogen and oxygen atoms in total. The molecule has 0 radical (unpaired) electrons. The molecule has 2 aromatic carbocycles.